The van der Waals surface area contributed by atoms with E-state index in [-0.39, 0.29) is 42.6 Å². The first-order valence-corrected chi connectivity index (χ1v) is 9.06. The van der Waals surface area contributed by atoms with Gasteiger partial charge in [0.25, 0.3) is 0 Å². The first-order valence-electron chi connectivity index (χ1n) is 9.06. The van der Waals surface area contributed by atoms with E-state index in [1.807, 2.05) is 0 Å². The average molecular weight is 348 g/mol. The highest BCUT2D eigenvalue weighted by Crippen LogP contribution is 2.23. The molecule has 1 aromatic carbocycles. The van der Waals surface area contributed by atoms with Crippen molar-refractivity contribution in [3.8, 4) is 0 Å². The lowest BCUT2D eigenvalue weighted by atomic mass is 10.1. The second kappa shape index (κ2) is 8.43. The molecular formula is C19H25FN2O3. The Kier molecular flexibility index (Phi) is 6.02. The summed E-state index contributed by atoms with van der Waals surface area (Å²) in [5.74, 6) is -0.360. The van der Waals surface area contributed by atoms with Gasteiger partial charge in [0, 0.05) is 25.4 Å². The highest BCUT2D eigenvalue weighted by molar-refractivity contribution is 5.84. The Bertz CT molecular complexity index is 599. The van der Waals surface area contributed by atoms with E-state index >= 15 is 0 Å². The fraction of sp³-hybridized carbons (Fsp3) is 0.579. The summed E-state index contributed by atoms with van der Waals surface area (Å²) in [4.78, 5) is 26.1. The highest BCUT2D eigenvalue weighted by atomic mass is 19.1. The molecule has 2 fully saturated rings. The van der Waals surface area contributed by atoms with E-state index < -0.39 is 0 Å². The molecule has 5 nitrogen and oxygen atoms in total. The molecule has 2 aliphatic rings. The van der Waals surface area contributed by atoms with E-state index in [1.54, 1.807) is 17.0 Å². The molecule has 0 aromatic heterocycles. The molecule has 1 aliphatic heterocycles. The minimum absolute atomic E-state index is 0.0306. The van der Waals surface area contributed by atoms with Crippen molar-refractivity contribution in [2.45, 2.75) is 50.7 Å². The van der Waals surface area contributed by atoms with Crippen LogP contribution in [0.15, 0.2) is 24.3 Å². The van der Waals surface area contributed by atoms with E-state index in [0.29, 0.717) is 19.7 Å². The molecule has 2 amide bonds. The Hall–Kier alpha value is -1.95. The Morgan fingerprint density at radius 2 is 1.88 bits per heavy atom. The Labute approximate surface area is 147 Å². The fourth-order valence-corrected chi connectivity index (χ4v) is 3.50. The van der Waals surface area contributed by atoms with Crippen LogP contribution in [-0.4, -0.2) is 42.5 Å². The standard InChI is InChI=1S/C19H25FN2O3/c20-15-7-5-14(6-8-15)17-13-22(11-12-25-17)19(24)10-9-18(23)21-16-3-1-2-4-16/h5-8,16-17H,1-4,9-13H2,(H,21,23)/t17-/m1/s1. The van der Waals surface area contributed by atoms with Crippen molar-refractivity contribution in [3.05, 3.63) is 35.6 Å². The maximum atomic E-state index is 13.0. The summed E-state index contributed by atoms with van der Waals surface area (Å²) in [5, 5.41) is 3.01. The number of carbonyl (C=O) groups is 2. The van der Waals surface area contributed by atoms with Crippen molar-refractivity contribution < 1.29 is 18.7 Å². The van der Waals surface area contributed by atoms with Crippen LogP contribution in [-0.2, 0) is 14.3 Å². The molecule has 0 spiro atoms. The molecule has 1 aromatic rings. The molecule has 3 rings (SSSR count). The normalized spacial score (nSPS) is 21.3. The van der Waals surface area contributed by atoms with Gasteiger partial charge < -0.3 is 15.0 Å². The number of halogens is 1. The molecule has 1 saturated heterocycles. The van der Waals surface area contributed by atoms with Gasteiger partial charge >= 0.3 is 0 Å². The monoisotopic (exact) mass is 348 g/mol. The van der Waals surface area contributed by atoms with Gasteiger partial charge in [0.1, 0.15) is 11.9 Å². The molecule has 1 atom stereocenters. The molecule has 1 heterocycles. The molecule has 0 radical (unpaired) electrons. The average Bonchev–Trinajstić information content (AvgIpc) is 3.13. The molecule has 6 heteroatoms. The van der Waals surface area contributed by atoms with E-state index in [4.69, 9.17) is 4.74 Å². The van der Waals surface area contributed by atoms with Gasteiger partial charge in [-0.25, -0.2) is 4.39 Å². The summed E-state index contributed by atoms with van der Waals surface area (Å²) < 4.78 is 18.7. The predicted molar refractivity (Wildman–Crippen MR) is 91.3 cm³/mol. The zero-order valence-electron chi connectivity index (χ0n) is 14.4. The van der Waals surface area contributed by atoms with Gasteiger partial charge in [0.2, 0.25) is 11.8 Å². The largest absolute Gasteiger partial charge is 0.370 e. The minimum Gasteiger partial charge on any atom is -0.370 e. The number of morpholine rings is 1. The molecular weight excluding hydrogens is 323 g/mol. The third-order valence-electron chi connectivity index (χ3n) is 4.95. The molecule has 1 N–H and O–H groups in total. The first kappa shape index (κ1) is 17.9. The van der Waals surface area contributed by atoms with E-state index in [2.05, 4.69) is 5.32 Å². The number of ether oxygens (including phenoxy) is 1. The van der Waals surface area contributed by atoms with E-state index in [0.717, 1.165) is 18.4 Å². The summed E-state index contributed by atoms with van der Waals surface area (Å²) in [7, 11) is 0. The van der Waals surface area contributed by atoms with Crippen LogP contribution < -0.4 is 5.32 Å². The molecule has 25 heavy (non-hydrogen) atoms. The van der Waals surface area contributed by atoms with Crippen molar-refractivity contribution >= 4 is 11.8 Å². The topological polar surface area (TPSA) is 58.6 Å². The lowest BCUT2D eigenvalue weighted by molar-refractivity contribution is -0.140. The van der Waals surface area contributed by atoms with Gasteiger partial charge in [-0.3, -0.25) is 9.59 Å². The summed E-state index contributed by atoms with van der Waals surface area (Å²) in [5.41, 5.74) is 0.859. The third-order valence-corrected chi connectivity index (χ3v) is 4.95. The van der Waals surface area contributed by atoms with Crippen LogP contribution in [0.5, 0.6) is 0 Å². The smallest absolute Gasteiger partial charge is 0.223 e. The number of rotatable bonds is 5. The van der Waals surface area contributed by atoms with Gasteiger partial charge in [-0.15, -0.1) is 0 Å². The maximum absolute atomic E-state index is 13.0. The zero-order valence-corrected chi connectivity index (χ0v) is 14.4. The molecule has 1 saturated carbocycles. The summed E-state index contributed by atoms with van der Waals surface area (Å²) in [6.07, 6.45) is 4.63. The number of carbonyl (C=O) groups excluding carboxylic acids is 2. The summed E-state index contributed by atoms with van der Waals surface area (Å²) in [6, 6.07) is 6.44. The summed E-state index contributed by atoms with van der Waals surface area (Å²) >= 11 is 0. The third kappa shape index (κ3) is 5.01. The van der Waals surface area contributed by atoms with Crippen LogP contribution in [0, 0.1) is 5.82 Å². The van der Waals surface area contributed by atoms with Gasteiger partial charge in [-0.1, -0.05) is 25.0 Å². The van der Waals surface area contributed by atoms with Gasteiger partial charge in [-0.05, 0) is 30.5 Å². The predicted octanol–water partition coefficient (Wildman–Crippen LogP) is 2.56. The van der Waals surface area contributed by atoms with E-state index in [1.165, 1.54) is 25.0 Å². The quantitative estimate of drug-likeness (QED) is 0.890. The lowest BCUT2D eigenvalue weighted by Gasteiger charge is -2.33. The Morgan fingerprint density at radius 3 is 2.60 bits per heavy atom. The number of hydrogen-bond acceptors (Lipinski definition) is 3. The van der Waals surface area contributed by atoms with Gasteiger partial charge in [0.05, 0.1) is 13.2 Å². The number of nitrogens with one attached hydrogen (secondary N) is 1. The van der Waals surface area contributed by atoms with Crippen LogP contribution in [0.4, 0.5) is 4.39 Å². The minimum atomic E-state index is -0.291. The van der Waals surface area contributed by atoms with E-state index in [9.17, 15) is 14.0 Å². The van der Waals surface area contributed by atoms with Crippen molar-refractivity contribution in [1.29, 1.82) is 0 Å². The molecule has 1 aliphatic carbocycles. The van der Waals surface area contributed by atoms with Crippen LogP contribution in [0.1, 0.15) is 50.2 Å². The van der Waals surface area contributed by atoms with Gasteiger partial charge in [-0.2, -0.15) is 0 Å². The molecule has 0 bridgehead atoms. The second-order valence-electron chi connectivity index (χ2n) is 6.80. The van der Waals surface area contributed by atoms with Gasteiger partial charge in [0.15, 0.2) is 0 Å². The van der Waals surface area contributed by atoms with Crippen LogP contribution in [0.3, 0.4) is 0 Å². The fourth-order valence-electron chi connectivity index (χ4n) is 3.50. The van der Waals surface area contributed by atoms with Crippen LogP contribution >= 0.6 is 0 Å². The SMILES string of the molecule is O=C(CCC(=O)N1CCO[C@@H](c2ccc(F)cc2)C1)NC1CCCC1. The molecule has 0 unspecified atom stereocenters. The number of benzene rings is 1. The van der Waals surface area contributed by atoms with Crippen LogP contribution in [0.2, 0.25) is 0 Å². The highest BCUT2D eigenvalue weighted by Gasteiger charge is 2.26. The first-order chi connectivity index (χ1) is 12.1. The Balaban J connectivity index is 1.46. The van der Waals surface area contributed by atoms with Crippen molar-refractivity contribution in [2.75, 3.05) is 19.7 Å². The lowest BCUT2D eigenvalue weighted by Crippen LogP contribution is -2.42. The number of amides is 2. The van der Waals surface area contributed by atoms with Crippen molar-refractivity contribution in [2.24, 2.45) is 0 Å². The Morgan fingerprint density at radius 1 is 1.16 bits per heavy atom. The second-order valence-corrected chi connectivity index (χ2v) is 6.80. The van der Waals surface area contributed by atoms with Crippen LogP contribution in [0.25, 0.3) is 0 Å². The summed E-state index contributed by atoms with van der Waals surface area (Å²) in [6.45, 7) is 1.41. The number of hydrogen-bond donors (Lipinski definition) is 1. The number of nitrogens with zero attached hydrogens (tertiary/aromatic N) is 1. The molecule has 136 valence electrons. The van der Waals surface area contributed by atoms with Crippen molar-refractivity contribution in [3.63, 3.8) is 0 Å². The maximum Gasteiger partial charge on any atom is 0.223 e. The zero-order chi connectivity index (χ0) is 17.6. The van der Waals surface area contributed by atoms with Crippen molar-refractivity contribution in [1.82, 2.24) is 10.2 Å².